The summed E-state index contributed by atoms with van der Waals surface area (Å²) in [5.74, 6) is 1.03. The van der Waals surface area contributed by atoms with Crippen molar-refractivity contribution < 1.29 is 0 Å². The van der Waals surface area contributed by atoms with Gasteiger partial charge in [-0.1, -0.05) is 73.5 Å². The van der Waals surface area contributed by atoms with Gasteiger partial charge in [0.1, 0.15) is 5.82 Å². The summed E-state index contributed by atoms with van der Waals surface area (Å²) < 4.78 is 1.99. The molecule has 0 atom stereocenters. The van der Waals surface area contributed by atoms with Crippen LogP contribution >= 0.6 is 0 Å². The molecule has 0 radical (unpaired) electrons. The minimum absolute atomic E-state index is 0.513. The Labute approximate surface area is 165 Å². The van der Waals surface area contributed by atoms with E-state index in [1.54, 1.807) is 0 Å². The molecule has 4 heteroatoms. The van der Waals surface area contributed by atoms with Crippen LogP contribution in [0.25, 0.3) is 28.0 Å². The minimum Gasteiger partial charge on any atom is -0.367 e. The molecular weight excluding hydrogens is 344 g/mol. The summed E-state index contributed by atoms with van der Waals surface area (Å²) in [7, 11) is 0. The third-order valence-corrected chi connectivity index (χ3v) is 5.60. The highest BCUT2D eigenvalue weighted by atomic mass is 15.3. The topological polar surface area (TPSA) is 42.2 Å². The highest BCUT2D eigenvalue weighted by Gasteiger charge is 2.20. The standard InChI is InChI=1S/C24H24N4/c1-17-23(19-12-6-3-7-13-19)24-26-21(18-10-4-2-5-11-18)16-22(28(24)27-17)25-20-14-8-9-15-20/h2-7,10-13,16,20,25H,8-9,14-15H2,1H3. The average molecular weight is 368 g/mol. The van der Waals surface area contributed by atoms with E-state index >= 15 is 0 Å². The molecule has 2 aromatic heterocycles. The summed E-state index contributed by atoms with van der Waals surface area (Å²) in [5, 5.41) is 8.60. The first kappa shape index (κ1) is 17.0. The van der Waals surface area contributed by atoms with Crippen LogP contribution in [0, 0.1) is 6.92 Å². The summed E-state index contributed by atoms with van der Waals surface area (Å²) in [6, 6.07) is 23.5. The lowest BCUT2D eigenvalue weighted by molar-refractivity contribution is 0.739. The van der Waals surface area contributed by atoms with Gasteiger partial charge in [-0.05, 0) is 25.3 Å². The Morgan fingerprint density at radius 1 is 0.893 bits per heavy atom. The average Bonchev–Trinajstić information content (AvgIpc) is 3.36. The second-order valence-electron chi connectivity index (χ2n) is 7.58. The molecule has 0 saturated heterocycles. The first-order valence-electron chi connectivity index (χ1n) is 10.1. The van der Waals surface area contributed by atoms with Crippen molar-refractivity contribution in [3.8, 4) is 22.4 Å². The van der Waals surface area contributed by atoms with Gasteiger partial charge in [-0.2, -0.15) is 9.61 Å². The number of hydrogen-bond acceptors (Lipinski definition) is 3. The number of benzene rings is 2. The van der Waals surface area contributed by atoms with E-state index in [0.29, 0.717) is 6.04 Å². The second-order valence-corrected chi connectivity index (χ2v) is 7.58. The normalized spacial score (nSPS) is 14.6. The molecule has 28 heavy (non-hydrogen) atoms. The number of aromatic nitrogens is 3. The van der Waals surface area contributed by atoms with Gasteiger partial charge in [-0.3, -0.25) is 0 Å². The van der Waals surface area contributed by atoms with E-state index in [1.807, 2.05) is 16.6 Å². The van der Waals surface area contributed by atoms with E-state index in [2.05, 4.69) is 66.8 Å². The zero-order valence-corrected chi connectivity index (χ0v) is 16.1. The summed E-state index contributed by atoms with van der Waals surface area (Å²) >= 11 is 0. The van der Waals surface area contributed by atoms with Gasteiger partial charge in [-0.25, -0.2) is 4.98 Å². The third kappa shape index (κ3) is 3.05. The van der Waals surface area contributed by atoms with E-state index in [1.165, 1.54) is 25.7 Å². The van der Waals surface area contributed by atoms with Crippen molar-refractivity contribution in [3.63, 3.8) is 0 Å². The monoisotopic (exact) mass is 368 g/mol. The smallest absolute Gasteiger partial charge is 0.166 e. The molecule has 1 saturated carbocycles. The van der Waals surface area contributed by atoms with Crippen molar-refractivity contribution in [1.29, 1.82) is 0 Å². The molecule has 2 heterocycles. The molecule has 1 aliphatic carbocycles. The predicted octanol–water partition coefficient (Wildman–Crippen LogP) is 5.73. The van der Waals surface area contributed by atoms with Crippen LogP contribution in [0.4, 0.5) is 5.82 Å². The van der Waals surface area contributed by atoms with E-state index in [4.69, 9.17) is 10.1 Å². The molecule has 1 aliphatic rings. The molecule has 2 aromatic carbocycles. The fourth-order valence-electron chi connectivity index (χ4n) is 4.21. The Hall–Kier alpha value is -3.14. The number of anilines is 1. The fraction of sp³-hybridized carbons (Fsp3) is 0.250. The first-order valence-corrected chi connectivity index (χ1v) is 10.1. The van der Waals surface area contributed by atoms with Gasteiger partial charge in [0.25, 0.3) is 0 Å². The molecule has 140 valence electrons. The number of hydrogen-bond donors (Lipinski definition) is 1. The first-order chi connectivity index (χ1) is 13.8. The maximum Gasteiger partial charge on any atom is 0.166 e. The molecule has 4 nitrogen and oxygen atoms in total. The van der Waals surface area contributed by atoms with Gasteiger partial charge >= 0.3 is 0 Å². The van der Waals surface area contributed by atoms with Gasteiger partial charge in [-0.15, -0.1) is 0 Å². The van der Waals surface area contributed by atoms with Crippen molar-refractivity contribution in [1.82, 2.24) is 14.6 Å². The Bertz CT molecular complexity index is 1090. The number of nitrogens with one attached hydrogen (secondary N) is 1. The van der Waals surface area contributed by atoms with E-state index in [0.717, 1.165) is 39.5 Å². The Kier molecular flexibility index (Phi) is 4.32. The van der Waals surface area contributed by atoms with Gasteiger partial charge in [0.2, 0.25) is 0 Å². The molecule has 1 fully saturated rings. The maximum atomic E-state index is 5.04. The number of aryl methyl sites for hydroxylation is 1. The van der Waals surface area contributed by atoms with Gasteiger partial charge < -0.3 is 5.32 Å². The zero-order chi connectivity index (χ0) is 18.9. The van der Waals surface area contributed by atoms with Crippen molar-refractivity contribution >= 4 is 11.5 Å². The highest BCUT2D eigenvalue weighted by molar-refractivity contribution is 5.82. The number of rotatable bonds is 4. The highest BCUT2D eigenvalue weighted by Crippen LogP contribution is 2.32. The van der Waals surface area contributed by atoms with Crippen LogP contribution in [0.1, 0.15) is 31.4 Å². The molecule has 4 aromatic rings. The molecule has 0 amide bonds. The maximum absolute atomic E-state index is 5.04. The summed E-state index contributed by atoms with van der Waals surface area (Å²) in [6.45, 7) is 2.07. The Balaban J connectivity index is 1.73. The van der Waals surface area contributed by atoms with Crippen molar-refractivity contribution in [3.05, 3.63) is 72.4 Å². The van der Waals surface area contributed by atoms with Crippen LogP contribution in [-0.2, 0) is 0 Å². The second kappa shape index (κ2) is 7.12. The minimum atomic E-state index is 0.513. The lowest BCUT2D eigenvalue weighted by atomic mass is 10.1. The van der Waals surface area contributed by atoms with Gasteiger partial charge in [0.15, 0.2) is 5.65 Å². The van der Waals surface area contributed by atoms with Crippen LogP contribution in [0.3, 0.4) is 0 Å². The largest absolute Gasteiger partial charge is 0.367 e. The third-order valence-electron chi connectivity index (χ3n) is 5.60. The van der Waals surface area contributed by atoms with E-state index < -0.39 is 0 Å². The summed E-state index contributed by atoms with van der Waals surface area (Å²) in [4.78, 5) is 5.04. The van der Waals surface area contributed by atoms with Gasteiger partial charge in [0.05, 0.1) is 11.4 Å². The lowest BCUT2D eigenvalue weighted by Gasteiger charge is -2.16. The summed E-state index contributed by atoms with van der Waals surface area (Å²) in [5.41, 5.74) is 6.26. The molecular formula is C24H24N4. The quantitative estimate of drug-likeness (QED) is 0.500. The van der Waals surface area contributed by atoms with Crippen LogP contribution < -0.4 is 5.32 Å². The van der Waals surface area contributed by atoms with Crippen LogP contribution in [0.2, 0.25) is 0 Å². The lowest BCUT2D eigenvalue weighted by Crippen LogP contribution is -2.17. The molecule has 0 bridgehead atoms. The van der Waals surface area contributed by atoms with Crippen molar-refractivity contribution in [2.24, 2.45) is 0 Å². The fourth-order valence-corrected chi connectivity index (χ4v) is 4.21. The van der Waals surface area contributed by atoms with Crippen molar-refractivity contribution in [2.45, 2.75) is 38.6 Å². The van der Waals surface area contributed by atoms with E-state index in [9.17, 15) is 0 Å². The Morgan fingerprint density at radius 3 is 2.21 bits per heavy atom. The zero-order valence-electron chi connectivity index (χ0n) is 16.1. The molecule has 0 spiro atoms. The molecule has 0 aliphatic heterocycles. The molecule has 0 unspecified atom stereocenters. The van der Waals surface area contributed by atoms with Gasteiger partial charge in [0, 0.05) is 23.2 Å². The predicted molar refractivity (Wildman–Crippen MR) is 114 cm³/mol. The number of nitrogens with zero attached hydrogens (tertiary/aromatic N) is 3. The van der Waals surface area contributed by atoms with Crippen LogP contribution in [0.15, 0.2) is 66.7 Å². The Morgan fingerprint density at radius 2 is 1.54 bits per heavy atom. The van der Waals surface area contributed by atoms with Crippen LogP contribution in [-0.4, -0.2) is 20.6 Å². The SMILES string of the molecule is Cc1nn2c(NC3CCCC3)cc(-c3ccccc3)nc2c1-c1ccccc1. The molecule has 5 rings (SSSR count). The summed E-state index contributed by atoms with van der Waals surface area (Å²) in [6.07, 6.45) is 5.03. The van der Waals surface area contributed by atoms with Crippen molar-refractivity contribution in [2.75, 3.05) is 5.32 Å². The van der Waals surface area contributed by atoms with Crippen LogP contribution in [0.5, 0.6) is 0 Å². The van der Waals surface area contributed by atoms with E-state index in [-0.39, 0.29) is 0 Å². The molecule has 1 N–H and O–H groups in total. The number of fused-ring (bicyclic) bond motifs is 1.